The van der Waals surface area contributed by atoms with Crippen molar-refractivity contribution in [3.63, 3.8) is 0 Å². The molecule has 1 saturated heterocycles. The topological polar surface area (TPSA) is 40.5 Å². The van der Waals surface area contributed by atoms with E-state index in [1.54, 1.807) is 36.2 Å². The van der Waals surface area contributed by atoms with E-state index >= 15 is 0 Å². The Hall–Kier alpha value is -1.16. The number of hydrogen-bond donors (Lipinski definition) is 1. The maximum absolute atomic E-state index is 12.1. The summed E-state index contributed by atoms with van der Waals surface area (Å²) >= 11 is 1.84. The molecule has 1 aliphatic heterocycles. The molecule has 1 heterocycles. The zero-order valence-corrected chi connectivity index (χ0v) is 10.0. The maximum atomic E-state index is 12.1. The van der Waals surface area contributed by atoms with Gasteiger partial charge in [-0.15, -0.1) is 0 Å². The van der Waals surface area contributed by atoms with E-state index in [9.17, 15) is 9.90 Å². The Balaban J connectivity index is 2.08. The van der Waals surface area contributed by atoms with Crippen molar-refractivity contribution in [1.82, 2.24) is 0 Å². The minimum Gasteiger partial charge on any atom is -0.508 e. The SMILES string of the molecule is CN(C(=O)C1CCSC1)c1ccc(O)cc1. The highest BCUT2D eigenvalue weighted by molar-refractivity contribution is 7.99. The number of anilines is 1. The summed E-state index contributed by atoms with van der Waals surface area (Å²) in [6.45, 7) is 0. The molecule has 4 heteroatoms. The Morgan fingerprint density at radius 2 is 2.12 bits per heavy atom. The molecule has 1 aliphatic rings. The number of phenols is 1. The average molecular weight is 237 g/mol. The van der Waals surface area contributed by atoms with Gasteiger partial charge < -0.3 is 10.0 Å². The smallest absolute Gasteiger partial charge is 0.230 e. The zero-order valence-electron chi connectivity index (χ0n) is 9.22. The van der Waals surface area contributed by atoms with Crippen LogP contribution in [-0.2, 0) is 4.79 Å². The van der Waals surface area contributed by atoms with Crippen LogP contribution < -0.4 is 4.90 Å². The van der Waals surface area contributed by atoms with E-state index in [0.29, 0.717) is 0 Å². The van der Waals surface area contributed by atoms with Gasteiger partial charge in [0.25, 0.3) is 0 Å². The molecule has 1 aromatic carbocycles. The van der Waals surface area contributed by atoms with Crippen LogP contribution in [0.25, 0.3) is 0 Å². The number of carbonyl (C=O) groups excluding carboxylic acids is 1. The lowest BCUT2D eigenvalue weighted by molar-refractivity contribution is -0.121. The van der Waals surface area contributed by atoms with Crippen LogP contribution in [-0.4, -0.2) is 29.6 Å². The normalized spacial score (nSPS) is 19.7. The van der Waals surface area contributed by atoms with Gasteiger partial charge in [0.1, 0.15) is 5.75 Å². The zero-order chi connectivity index (χ0) is 11.5. The number of nitrogens with zero attached hydrogens (tertiary/aromatic N) is 1. The predicted molar refractivity (Wildman–Crippen MR) is 66.9 cm³/mol. The summed E-state index contributed by atoms with van der Waals surface area (Å²) in [4.78, 5) is 13.8. The van der Waals surface area contributed by atoms with E-state index in [1.807, 2.05) is 11.8 Å². The molecule has 2 rings (SSSR count). The van der Waals surface area contributed by atoms with Gasteiger partial charge in [0, 0.05) is 24.4 Å². The number of thioether (sulfide) groups is 1. The highest BCUT2D eigenvalue weighted by Crippen LogP contribution is 2.27. The fourth-order valence-corrected chi connectivity index (χ4v) is 3.02. The van der Waals surface area contributed by atoms with Crippen LogP contribution >= 0.6 is 11.8 Å². The maximum Gasteiger partial charge on any atom is 0.230 e. The standard InChI is InChI=1S/C12H15NO2S/c1-13(10-2-4-11(14)5-3-10)12(15)9-6-7-16-8-9/h2-5,9,14H,6-8H2,1H3. The van der Waals surface area contributed by atoms with Crippen LogP contribution in [0, 0.1) is 5.92 Å². The number of aromatic hydroxyl groups is 1. The Bertz CT molecular complexity index is 371. The first kappa shape index (κ1) is 11.3. The van der Waals surface area contributed by atoms with Crippen LogP contribution in [0.3, 0.4) is 0 Å². The lowest BCUT2D eigenvalue weighted by Crippen LogP contribution is -2.32. The lowest BCUT2D eigenvalue weighted by atomic mass is 10.1. The third-order valence-electron chi connectivity index (χ3n) is 2.85. The van der Waals surface area contributed by atoms with Crippen LogP contribution in [0.2, 0.25) is 0 Å². The van der Waals surface area contributed by atoms with E-state index in [-0.39, 0.29) is 17.6 Å². The minimum absolute atomic E-state index is 0.156. The molecule has 1 atom stereocenters. The summed E-state index contributed by atoms with van der Waals surface area (Å²) in [5, 5.41) is 9.18. The molecular formula is C12H15NO2S. The number of rotatable bonds is 2. The fraction of sp³-hybridized carbons (Fsp3) is 0.417. The van der Waals surface area contributed by atoms with E-state index in [0.717, 1.165) is 23.6 Å². The number of hydrogen-bond acceptors (Lipinski definition) is 3. The lowest BCUT2D eigenvalue weighted by Gasteiger charge is -2.20. The molecular weight excluding hydrogens is 222 g/mol. The quantitative estimate of drug-likeness (QED) is 0.856. The van der Waals surface area contributed by atoms with Crippen LogP contribution in [0.15, 0.2) is 24.3 Å². The number of amides is 1. The predicted octanol–water partition coefficient (Wildman–Crippen LogP) is 2.11. The van der Waals surface area contributed by atoms with Crippen molar-refractivity contribution in [1.29, 1.82) is 0 Å². The molecule has 1 unspecified atom stereocenters. The molecule has 0 aliphatic carbocycles. The largest absolute Gasteiger partial charge is 0.508 e. The first-order valence-electron chi connectivity index (χ1n) is 5.33. The molecule has 3 nitrogen and oxygen atoms in total. The van der Waals surface area contributed by atoms with Crippen molar-refractivity contribution < 1.29 is 9.90 Å². The van der Waals surface area contributed by atoms with E-state index < -0.39 is 0 Å². The van der Waals surface area contributed by atoms with Crippen molar-refractivity contribution in [2.75, 3.05) is 23.5 Å². The monoisotopic (exact) mass is 237 g/mol. The van der Waals surface area contributed by atoms with Gasteiger partial charge in [-0.1, -0.05) is 0 Å². The number of carbonyl (C=O) groups is 1. The fourth-order valence-electron chi connectivity index (χ4n) is 1.81. The van der Waals surface area contributed by atoms with E-state index in [4.69, 9.17) is 0 Å². The molecule has 16 heavy (non-hydrogen) atoms. The highest BCUT2D eigenvalue weighted by atomic mass is 32.2. The van der Waals surface area contributed by atoms with Gasteiger partial charge in [0.05, 0.1) is 0 Å². The first-order valence-corrected chi connectivity index (χ1v) is 6.48. The second-order valence-electron chi connectivity index (χ2n) is 3.97. The van der Waals surface area contributed by atoms with Gasteiger partial charge in [0.2, 0.25) is 5.91 Å². The summed E-state index contributed by atoms with van der Waals surface area (Å²) in [7, 11) is 1.79. The van der Waals surface area contributed by atoms with Gasteiger partial charge in [0.15, 0.2) is 0 Å². The summed E-state index contributed by atoms with van der Waals surface area (Å²) in [5.74, 6) is 2.57. The summed E-state index contributed by atoms with van der Waals surface area (Å²) < 4.78 is 0. The van der Waals surface area contributed by atoms with Crippen molar-refractivity contribution >= 4 is 23.4 Å². The second-order valence-corrected chi connectivity index (χ2v) is 5.12. The molecule has 0 bridgehead atoms. The second kappa shape index (κ2) is 4.78. The summed E-state index contributed by atoms with van der Waals surface area (Å²) in [6, 6.07) is 6.72. The highest BCUT2D eigenvalue weighted by Gasteiger charge is 2.26. The van der Waals surface area contributed by atoms with Crippen LogP contribution in [0.4, 0.5) is 5.69 Å². The van der Waals surface area contributed by atoms with E-state index in [1.165, 1.54) is 0 Å². The van der Waals surface area contributed by atoms with Crippen molar-refractivity contribution in [3.05, 3.63) is 24.3 Å². The van der Waals surface area contributed by atoms with Crippen molar-refractivity contribution in [2.24, 2.45) is 5.92 Å². The first-order chi connectivity index (χ1) is 7.68. The van der Waals surface area contributed by atoms with Crippen molar-refractivity contribution in [2.45, 2.75) is 6.42 Å². The average Bonchev–Trinajstić information content (AvgIpc) is 2.81. The molecule has 0 saturated carbocycles. The van der Waals surface area contributed by atoms with Crippen LogP contribution in [0.1, 0.15) is 6.42 Å². The Morgan fingerprint density at radius 3 is 2.69 bits per heavy atom. The molecule has 0 radical (unpaired) electrons. The molecule has 1 amide bonds. The Labute approximate surface area is 99.5 Å². The van der Waals surface area contributed by atoms with Gasteiger partial charge in [-0.05, 0) is 36.4 Å². The number of phenolic OH excluding ortho intramolecular Hbond substituents is 1. The molecule has 1 fully saturated rings. The summed E-state index contributed by atoms with van der Waals surface area (Å²) in [5.41, 5.74) is 0.833. The number of benzene rings is 1. The van der Waals surface area contributed by atoms with Gasteiger partial charge in [-0.2, -0.15) is 11.8 Å². The third-order valence-corrected chi connectivity index (χ3v) is 4.01. The van der Waals surface area contributed by atoms with Crippen molar-refractivity contribution in [3.8, 4) is 5.75 Å². The third kappa shape index (κ3) is 2.32. The molecule has 86 valence electrons. The molecule has 0 aromatic heterocycles. The van der Waals surface area contributed by atoms with Crippen LogP contribution in [0.5, 0.6) is 5.75 Å². The minimum atomic E-state index is 0.156. The van der Waals surface area contributed by atoms with Gasteiger partial charge >= 0.3 is 0 Å². The molecule has 0 spiro atoms. The Morgan fingerprint density at radius 1 is 1.44 bits per heavy atom. The molecule has 1 N–H and O–H groups in total. The summed E-state index contributed by atoms with van der Waals surface area (Å²) in [6.07, 6.45) is 0.978. The Kier molecular flexibility index (Phi) is 3.39. The molecule has 1 aromatic rings. The van der Waals surface area contributed by atoms with Gasteiger partial charge in [-0.3, -0.25) is 4.79 Å². The van der Waals surface area contributed by atoms with Gasteiger partial charge in [-0.25, -0.2) is 0 Å². The van der Waals surface area contributed by atoms with E-state index in [2.05, 4.69) is 0 Å².